The molecule has 0 amide bonds. The SMILES string of the molecule is COC(=O)CNc1cccc(F)n1. The first-order valence-electron chi connectivity index (χ1n) is 3.65. The number of pyridine rings is 1. The fourth-order valence-electron chi connectivity index (χ4n) is 0.742. The molecule has 4 nitrogen and oxygen atoms in total. The normalized spacial score (nSPS) is 9.38. The van der Waals surface area contributed by atoms with Crippen LogP contribution in [0, 0.1) is 5.95 Å². The Balaban J connectivity index is 2.50. The van der Waals surface area contributed by atoms with Crippen molar-refractivity contribution in [3.63, 3.8) is 0 Å². The van der Waals surface area contributed by atoms with Gasteiger partial charge in [-0.05, 0) is 12.1 Å². The number of nitrogens with one attached hydrogen (secondary N) is 1. The molecule has 0 bridgehead atoms. The van der Waals surface area contributed by atoms with Crippen molar-refractivity contribution in [1.29, 1.82) is 0 Å². The van der Waals surface area contributed by atoms with Gasteiger partial charge >= 0.3 is 5.97 Å². The molecule has 1 N–H and O–H groups in total. The zero-order valence-electron chi connectivity index (χ0n) is 7.08. The summed E-state index contributed by atoms with van der Waals surface area (Å²) >= 11 is 0. The van der Waals surface area contributed by atoms with Crippen LogP contribution in [0.3, 0.4) is 0 Å². The summed E-state index contributed by atoms with van der Waals surface area (Å²) < 4.78 is 16.9. The molecular formula is C8H9FN2O2. The molecule has 0 aliphatic carbocycles. The van der Waals surface area contributed by atoms with Gasteiger partial charge in [0, 0.05) is 0 Å². The second kappa shape index (κ2) is 4.39. The molecule has 0 radical (unpaired) electrons. The fraction of sp³-hybridized carbons (Fsp3) is 0.250. The number of esters is 1. The van der Waals surface area contributed by atoms with Crippen molar-refractivity contribution in [2.24, 2.45) is 0 Å². The highest BCUT2D eigenvalue weighted by Gasteiger charge is 2.00. The molecule has 0 saturated carbocycles. The summed E-state index contributed by atoms with van der Waals surface area (Å²) in [4.78, 5) is 14.2. The zero-order chi connectivity index (χ0) is 9.68. The first-order valence-corrected chi connectivity index (χ1v) is 3.65. The third-order valence-electron chi connectivity index (χ3n) is 1.36. The van der Waals surface area contributed by atoms with Gasteiger partial charge in [-0.2, -0.15) is 4.39 Å². The van der Waals surface area contributed by atoms with E-state index in [1.54, 1.807) is 6.07 Å². The van der Waals surface area contributed by atoms with E-state index in [4.69, 9.17) is 0 Å². The number of carbonyl (C=O) groups is 1. The number of ether oxygens (including phenoxy) is 1. The van der Waals surface area contributed by atoms with Gasteiger partial charge in [0.25, 0.3) is 0 Å². The van der Waals surface area contributed by atoms with E-state index >= 15 is 0 Å². The highest BCUT2D eigenvalue weighted by atomic mass is 19.1. The fourth-order valence-corrected chi connectivity index (χ4v) is 0.742. The zero-order valence-corrected chi connectivity index (χ0v) is 7.08. The molecule has 1 rings (SSSR count). The van der Waals surface area contributed by atoms with Gasteiger partial charge in [0.1, 0.15) is 12.4 Å². The molecule has 0 atom stereocenters. The van der Waals surface area contributed by atoms with E-state index in [0.717, 1.165) is 0 Å². The third-order valence-corrected chi connectivity index (χ3v) is 1.36. The van der Waals surface area contributed by atoms with Crippen LogP contribution < -0.4 is 5.32 Å². The summed E-state index contributed by atoms with van der Waals surface area (Å²) in [5, 5.41) is 2.61. The molecule has 5 heteroatoms. The lowest BCUT2D eigenvalue weighted by Gasteiger charge is -2.02. The van der Waals surface area contributed by atoms with Crippen LogP contribution in [0.2, 0.25) is 0 Å². The number of aromatic nitrogens is 1. The Kier molecular flexibility index (Phi) is 3.19. The van der Waals surface area contributed by atoms with Gasteiger partial charge in [-0.1, -0.05) is 6.07 Å². The Hall–Kier alpha value is -1.65. The monoisotopic (exact) mass is 184 g/mol. The second-order valence-electron chi connectivity index (χ2n) is 2.28. The summed E-state index contributed by atoms with van der Waals surface area (Å²) in [5.41, 5.74) is 0. The van der Waals surface area contributed by atoms with E-state index < -0.39 is 11.9 Å². The number of hydrogen-bond acceptors (Lipinski definition) is 4. The summed E-state index contributed by atoms with van der Waals surface area (Å²) in [6.07, 6.45) is 0. The number of hydrogen-bond donors (Lipinski definition) is 1. The largest absolute Gasteiger partial charge is 0.468 e. The van der Waals surface area contributed by atoms with Crippen molar-refractivity contribution in [1.82, 2.24) is 4.98 Å². The molecule has 1 aromatic heterocycles. The van der Waals surface area contributed by atoms with E-state index in [2.05, 4.69) is 15.0 Å². The molecule has 0 unspecified atom stereocenters. The minimum Gasteiger partial charge on any atom is -0.468 e. The Labute approximate surface area is 74.7 Å². The van der Waals surface area contributed by atoms with Crippen molar-refractivity contribution in [2.75, 3.05) is 19.0 Å². The molecule has 0 aromatic carbocycles. The first kappa shape index (κ1) is 9.44. The number of carbonyl (C=O) groups excluding carboxylic acids is 1. The van der Waals surface area contributed by atoms with Gasteiger partial charge in [0.2, 0.25) is 5.95 Å². The maximum absolute atomic E-state index is 12.5. The molecule has 0 saturated heterocycles. The van der Waals surface area contributed by atoms with Crippen LogP contribution in [-0.2, 0) is 9.53 Å². The molecule has 1 heterocycles. The molecule has 70 valence electrons. The van der Waals surface area contributed by atoms with Crippen molar-refractivity contribution in [2.45, 2.75) is 0 Å². The van der Waals surface area contributed by atoms with Gasteiger partial charge < -0.3 is 10.1 Å². The molecule has 1 aromatic rings. The summed E-state index contributed by atoms with van der Waals surface area (Å²) in [6.45, 7) is -0.0209. The number of rotatable bonds is 3. The highest BCUT2D eigenvalue weighted by molar-refractivity contribution is 5.74. The smallest absolute Gasteiger partial charge is 0.325 e. The third kappa shape index (κ3) is 3.06. The van der Waals surface area contributed by atoms with E-state index in [1.807, 2.05) is 0 Å². The van der Waals surface area contributed by atoms with Crippen LogP contribution in [0.5, 0.6) is 0 Å². The molecule has 0 fully saturated rings. The van der Waals surface area contributed by atoms with Gasteiger partial charge in [-0.25, -0.2) is 4.98 Å². The van der Waals surface area contributed by atoms with Crippen molar-refractivity contribution in [3.05, 3.63) is 24.1 Å². The number of halogens is 1. The number of nitrogens with zero attached hydrogens (tertiary/aromatic N) is 1. The van der Waals surface area contributed by atoms with Crippen LogP contribution in [0.15, 0.2) is 18.2 Å². The quantitative estimate of drug-likeness (QED) is 0.557. The number of anilines is 1. The summed E-state index contributed by atoms with van der Waals surface area (Å²) in [7, 11) is 1.28. The Morgan fingerprint density at radius 2 is 2.46 bits per heavy atom. The van der Waals surface area contributed by atoms with Crippen LogP contribution in [0.1, 0.15) is 0 Å². The summed E-state index contributed by atoms with van der Waals surface area (Å²) in [6, 6.07) is 4.29. The standard InChI is InChI=1S/C8H9FN2O2/c1-13-8(12)5-10-7-4-2-3-6(9)11-7/h2-4H,5H2,1H3,(H,10,11). The van der Waals surface area contributed by atoms with Crippen LogP contribution in [0.25, 0.3) is 0 Å². The molecule has 0 aliphatic heterocycles. The van der Waals surface area contributed by atoms with Gasteiger partial charge in [0.15, 0.2) is 0 Å². The van der Waals surface area contributed by atoms with Crippen LogP contribution in [-0.4, -0.2) is 24.6 Å². The Bertz CT molecular complexity index is 304. The molecule has 0 spiro atoms. The highest BCUT2D eigenvalue weighted by Crippen LogP contribution is 2.02. The van der Waals surface area contributed by atoms with Gasteiger partial charge in [-0.3, -0.25) is 4.79 Å². The minimum absolute atomic E-state index is 0.0209. The average Bonchev–Trinajstić information content (AvgIpc) is 2.14. The lowest BCUT2D eigenvalue weighted by atomic mass is 10.4. The van der Waals surface area contributed by atoms with Crippen molar-refractivity contribution < 1.29 is 13.9 Å². The van der Waals surface area contributed by atoms with Gasteiger partial charge in [0.05, 0.1) is 7.11 Å². The lowest BCUT2D eigenvalue weighted by molar-refractivity contribution is -0.138. The minimum atomic E-state index is -0.588. The molecular weight excluding hydrogens is 175 g/mol. The van der Waals surface area contributed by atoms with E-state index in [1.165, 1.54) is 19.2 Å². The topological polar surface area (TPSA) is 51.2 Å². The first-order chi connectivity index (χ1) is 6.22. The second-order valence-corrected chi connectivity index (χ2v) is 2.28. The van der Waals surface area contributed by atoms with Crippen LogP contribution >= 0.6 is 0 Å². The maximum Gasteiger partial charge on any atom is 0.325 e. The van der Waals surface area contributed by atoms with E-state index in [0.29, 0.717) is 5.82 Å². The summed E-state index contributed by atoms with van der Waals surface area (Å²) in [5.74, 6) is -0.702. The molecule has 0 aliphatic rings. The Morgan fingerprint density at radius 3 is 3.08 bits per heavy atom. The van der Waals surface area contributed by atoms with E-state index in [-0.39, 0.29) is 6.54 Å². The Morgan fingerprint density at radius 1 is 1.69 bits per heavy atom. The van der Waals surface area contributed by atoms with Gasteiger partial charge in [-0.15, -0.1) is 0 Å². The number of methoxy groups -OCH3 is 1. The average molecular weight is 184 g/mol. The van der Waals surface area contributed by atoms with E-state index in [9.17, 15) is 9.18 Å². The van der Waals surface area contributed by atoms with Crippen molar-refractivity contribution >= 4 is 11.8 Å². The predicted octanol–water partition coefficient (Wildman–Crippen LogP) is 0.806. The van der Waals surface area contributed by atoms with Crippen molar-refractivity contribution in [3.8, 4) is 0 Å². The predicted molar refractivity (Wildman–Crippen MR) is 44.7 cm³/mol. The van der Waals surface area contributed by atoms with Crippen LogP contribution in [0.4, 0.5) is 10.2 Å². The maximum atomic E-state index is 12.5. The molecule has 13 heavy (non-hydrogen) atoms. The lowest BCUT2D eigenvalue weighted by Crippen LogP contribution is -2.15.